The van der Waals surface area contributed by atoms with Crippen molar-refractivity contribution in [1.29, 1.82) is 0 Å². The van der Waals surface area contributed by atoms with Gasteiger partial charge in [-0.15, -0.1) is 0 Å². The monoisotopic (exact) mass is 366 g/mol. The maximum absolute atomic E-state index is 11.4. The van der Waals surface area contributed by atoms with Crippen LogP contribution in [0.5, 0.6) is 0 Å². The first-order valence-corrected chi connectivity index (χ1v) is 7.50. The molecule has 1 saturated heterocycles. The molecule has 0 aromatic rings. The number of halogens is 1. The highest BCUT2D eigenvalue weighted by atomic mass is 35.5. The van der Waals surface area contributed by atoms with Crippen molar-refractivity contribution >= 4 is 35.5 Å². The lowest BCUT2D eigenvalue weighted by Crippen LogP contribution is -2.61. The average Bonchev–Trinajstić information content (AvgIpc) is 2.42. The smallest absolute Gasteiger partial charge is 0.303 e. The first kappa shape index (κ1) is 20.2. The summed E-state index contributed by atoms with van der Waals surface area (Å²) in [6, 6.07) is 0. The number of hydrogen-bond acceptors (Lipinski definition) is 9. The average molecular weight is 367 g/mol. The Hall–Kier alpha value is -1.87. The number of alkyl halides is 1. The van der Waals surface area contributed by atoms with E-state index in [1.165, 1.54) is 6.92 Å². The first-order valence-electron chi connectivity index (χ1n) is 7.06. The van der Waals surface area contributed by atoms with Crippen LogP contribution in [0.25, 0.3) is 0 Å². The maximum Gasteiger partial charge on any atom is 0.303 e. The molecule has 136 valence electrons. The summed E-state index contributed by atoms with van der Waals surface area (Å²) in [4.78, 5) is 45.0. The highest BCUT2D eigenvalue weighted by Crippen LogP contribution is 2.30. The van der Waals surface area contributed by atoms with Gasteiger partial charge < -0.3 is 23.7 Å². The van der Waals surface area contributed by atoms with Crippen LogP contribution < -0.4 is 0 Å². The Morgan fingerprint density at radius 3 is 1.71 bits per heavy atom. The maximum atomic E-state index is 11.4. The van der Waals surface area contributed by atoms with Gasteiger partial charge in [0.15, 0.2) is 23.9 Å². The minimum Gasteiger partial charge on any atom is -0.463 e. The Bertz CT molecular complexity index is 506. The molecule has 0 radical (unpaired) electrons. The van der Waals surface area contributed by atoms with E-state index in [4.69, 9.17) is 35.3 Å². The van der Waals surface area contributed by atoms with Gasteiger partial charge in [-0.3, -0.25) is 19.2 Å². The molecule has 1 heterocycles. The molecule has 24 heavy (non-hydrogen) atoms. The van der Waals surface area contributed by atoms with Crippen LogP contribution in [0.4, 0.5) is 0 Å². The van der Waals surface area contributed by atoms with Gasteiger partial charge in [0.05, 0.1) is 0 Å². The van der Waals surface area contributed by atoms with E-state index in [0.717, 1.165) is 20.8 Å². The zero-order chi connectivity index (χ0) is 18.4. The van der Waals surface area contributed by atoms with Gasteiger partial charge in [0, 0.05) is 27.7 Å². The highest BCUT2D eigenvalue weighted by Gasteiger charge is 2.51. The summed E-state index contributed by atoms with van der Waals surface area (Å²) in [5.74, 6) is -2.67. The lowest BCUT2D eigenvalue weighted by atomic mass is 9.99. The third-order valence-electron chi connectivity index (χ3n) is 2.93. The molecule has 1 aliphatic rings. The van der Waals surface area contributed by atoms with E-state index in [0.29, 0.717) is 0 Å². The van der Waals surface area contributed by atoms with Crippen molar-refractivity contribution < 1.29 is 42.9 Å². The van der Waals surface area contributed by atoms with Gasteiger partial charge in [-0.05, 0) is 0 Å². The van der Waals surface area contributed by atoms with Crippen molar-refractivity contribution in [3.05, 3.63) is 0 Å². The van der Waals surface area contributed by atoms with Crippen molar-refractivity contribution in [3.63, 3.8) is 0 Å². The van der Waals surface area contributed by atoms with Gasteiger partial charge in [0.1, 0.15) is 12.7 Å². The zero-order valence-electron chi connectivity index (χ0n) is 13.6. The second-order valence-corrected chi connectivity index (χ2v) is 5.48. The highest BCUT2D eigenvalue weighted by molar-refractivity contribution is 6.20. The predicted octanol–water partition coefficient (Wildman–Crippen LogP) is 0.308. The second kappa shape index (κ2) is 8.84. The molecule has 0 bridgehead atoms. The van der Waals surface area contributed by atoms with E-state index in [2.05, 4.69) is 0 Å². The van der Waals surface area contributed by atoms with E-state index < -0.39 is 53.9 Å². The fourth-order valence-electron chi connectivity index (χ4n) is 2.18. The zero-order valence-corrected chi connectivity index (χ0v) is 14.4. The number of carbonyl (C=O) groups excluding carboxylic acids is 4. The summed E-state index contributed by atoms with van der Waals surface area (Å²) in [5.41, 5.74) is -1.20. The summed E-state index contributed by atoms with van der Waals surface area (Å²) in [7, 11) is 0. The predicted molar refractivity (Wildman–Crippen MR) is 77.8 cm³/mol. The van der Waals surface area contributed by atoms with E-state index in [1.54, 1.807) is 0 Å². The lowest BCUT2D eigenvalue weighted by Gasteiger charge is -2.42. The summed E-state index contributed by atoms with van der Waals surface area (Å²) < 4.78 is 25.6. The van der Waals surface area contributed by atoms with Gasteiger partial charge in [0.25, 0.3) is 0 Å². The Labute approximate surface area is 143 Å². The Morgan fingerprint density at radius 1 is 0.792 bits per heavy atom. The molecule has 1 fully saturated rings. The van der Waals surface area contributed by atoms with Crippen molar-refractivity contribution in [2.45, 2.75) is 57.7 Å². The van der Waals surface area contributed by atoms with Crippen molar-refractivity contribution in [2.75, 3.05) is 6.61 Å². The molecule has 0 aromatic carbocycles. The molecule has 0 amide bonds. The number of carbonyl (C=O) groups is 4. The molecule has 0 aromatic heterocycles. The van der Waals surface area contributed by atoms with Crippen molar-refractivity contribution in [3.8, 4) is 0 Å². The van der Waals surface area contributed by atoms with E-state index in [1.807, 2.05) is 0 Å². The molecular weight excluding hydrogens is 348 g/mol. The minimum atomic E-state index is -1.22. The number of ether oxygens (including phenoxy) is 5. The summed E-state index contributed by atoms with van der Waals surface area (Å²) in [5, 5.41) is 0. The SMILES string of the molecule is CC(=O)OC[C@H]1O[C@H](Cl)[C@@H](OC(C)=O)[C@@H](OC(C)=O)[C@H]1OC(C)=O. The van der Waals surface area contributed by atoms with Gasteiger partial charge in [-0.1, -0.05) is 11.6 Å². The van der Waals surface area contributed by atoms with Crippen LogP contribution in [0.2, 0.25) is 0 Å². The molecule has 0 spiro atoms. The Morgan fingerprint density at radius 2 is 1.25 bits per heavy atom. The quantitative estimate of drug-likeness (QED) is 0.385. The fourth-order valence-corrected chi connectivity index (χ4v) is 2.50. The van der Waals surface area contributed by atoms with Crippen LogP contribution in [0.15, 0.2) is 0 Å². The van der Waals surface area contributed by atoms with Crippen LogP contribution in [0.1, 0.15) is 27.7 Å². The van der Waals surface area contributed by atoms with Gasteiger partial charge in [-0.25, -0.2) is 0 Å². The normalized spacial score (nSPS) is 29.3. The molecule has 1 rings (SSSR count). The number of esters is 4. The first-order chi connectivity index (χ1) is 11.1. The van der Waals surface area contributed by atoms with Crippen LogP contribution in [0.3, 0.4) is 0 Å². The van der Waals surface area contributed by atoms with Crippen LogP contribution in [-0.2, 0) is 42.9 Å². The summed E-state index contributed by atoms with van der Waals surface area (Å²) >= 11 is 6.05. The van der Waals surface area contributed by atoms with Gasteiger partial charge in [-0.2, -0.15) is 0 Å². The number of hydrogen-bond donors (Lipinski definition) is 0. The molecule has 1 aliphatic heterocycles. The molecule has 0 N–H and O–H groups in total. The second-order valence-electron chi connectivity index (χ2n) is 5.05. The molecule has 0 saturated carbocycles. The number of rotatable bonds is 5. The minimum absolute atomic E-state index is 0.291. The lowest BCUT2D eigenvalue weighted by molar-refractivity contribution is -0.238. The molecular formula is C14H19ClO9. The van der Waals surface area contributed by atoms with E-state index >= 15 is 0 Å². The molecule has 5 atom stereocenters. The largest absolute Gasteiger partial charge is 0.463 e. The standard InChI is InChI=1S/C14H19ClO9/c1-6(16)20-5-10-11(21-7(2)17)12(22-8(3)18)13(14(15)24-10)23-9(4)19/h10-14H,5H2,1-4H3/t10-,11+,12+,13+,14+/m1/s1. The van der Waals surface area contributed by atoms with Crippen molar-refractivity contribution in [2.24, 2.45) is 0 Å². The van der Waals surface area contributed by atoms with Gasteiger partial charge in [0.2, 0.25) is 0 Å². The van der Waals surface area contributed by atoms with E-state index in [-0.39, 0.29) is 6.61 Å². The van der Waals surface area contributed by atoms with Crippen LogP contribution >= 0.6 is 11.6 Å². The molecule has 10 heteroatoms. The van der Waals surface area contributed by atoms with Crippen LogP contribution in [0, 0.1) is 0 Å². The topological polar surface area (TPSA) is 114 Å². The van der Waals surface area contributed by atoms with Gasteiger partial charge >= 0.3 is 23.9 Å². The summed E-state index contributed by atoms with van der Waals surface area (Å²) in [6.07, 6.45) is -4.60. The van der Waals surface area contributed by atoms with Crippen LogP contribution in [-0.4, -0.2) is 60.5 Å². The van der Waals surface area contributed by atoms with E-state index in [9.17, 15) is 19.2 Å². The Kier molecular flexibility index (Phi) is 7.43. The molecule has 0 unspecified atom stereocenters. The molecule has 9 nitrogen and oxygen atoms in total. The summed E-state index contributed by atoms with van der Waals surface area (Å²) in [6.45, 7) is 4.31. The molecule has 0 aliphatic carbocycles. The Balaban J connectivity index is 3.11. The van der Waals surface area contributed by atoms with Crippen molar-refractivity contribution in [1.82, 2.24) is 0 Å². The third kappa shape index (κ3) is 5.97. The fraction of sp³-hybridized carbons (Fsp3) is 0.714. The third-order valence-corrected chi connectivity index (χ3v) is 3.29.